The number of hydrogen-bond donors (Lipinski definition) is 2. The van der Waals surface area contributed by atoms with Gasteiger partial charge in [0.1, 0.15) is 5.69 Å². The highest BCUT2D eigenvalue weighted by Crippen LogP contribution is 2.21. The highest BCUT2D eigenvalue weighted by Gasteiger charge is 2.17. The van der Waals surface area contributed by atoms with Crippen LogP contribution in [-0.2, 0) is 4.74 Å². The number of hydrogen-bond acceptors (Lipinski definition) is 3. The first-order valence-electron chi connectivity index (χ1n) is 6.93. The molecule has 1 amide bonds. The van der Waals surface area contributed by atoms with Crippen molar-refractivity contribution in [3.63, 3.8) is 0 Å². The summed E-state index contributed by atoms with van der Waals surface area (Å²) in [4.78, 5) is 12.0. The van der Waals surface area contributed by atoms with Gasteiger partial charge in [-0.1, -0.05) is 23.7 Å². The highest BCUT2D eigenvalue weighted by atomic mass is 35.5. The maximum atomic E-state index is 12.0. The molecular formula is C15H16ClN3O2. The zero-order valence-corrected chi connectivity index (χ0v) is 12.2. The Balaban J connectivity index is 1.65. The van der Waals surface area contributed by atoms with Crippen LogP contribution in [0.3, 0.4) is 0 Å². The molecule has 0 aliphatic carbocycles. The van der Waals surface area contributed by atoms with Crippen molar-refractivity contribution in [1.82, 2.24) is 15.5 Å². The van der Waals surface area contributed by atoms with Gasteiger partial charge in [-0.05, 0) is 31.0 Å². The molecule has 6 heteroatoms. The van der Waals surface area contributed by atoms with E-state index in [2.05, 4.69) is 15.5 Å². The maximum Gasteiger partial charge on any atom is 0.269 e. The van der Waals surface area contributed by atoms with E-state index in [4.69, 9.17) is 16.3 Å². The number of ether oxygens (including phenoxy) is 1. The van der Waals surface area contributed by atoms with Crippen LogP contribution in [0.4, 0.5) is 0 Å². The predicted octanol–water partition coefficient (Wildman–Crippen LogP) is 2.64. The predicted molar refractivity (Wildman–Crippen MR) is 80.3 cm³/mol. The van der Waals surface area contributed by atoms with Crippen LogP contribution >= 0.6 is 11.6 Å². The van der Waals surface area contributed by atoms with E-state index < -0.39 is 0 Å². The van der Waals surface area contributed by atoms with Gasteiger partial charge in [-0.15, -0.1) is 0 Å². The number of aromatic amines is 1. The quantitative estimate of drug-likeness (QED) is 0.912. The third-order valence-electron chi connectivity index (χ3n) is 3.46. The Hall–Kier alpha value is -1.85. The first-order chi connectivity index (χ1) is 10.2. The van der Waals surface area contributed by atoms with E-state index >= 15 is 0 Å². The van der Waals surface area contributed by atoms with Gasteiger partial charge < -0.3 is 10.1 Å². The molecule has 2 heterocycles. The van der Waals surface area contributed by atoms with Gasteiger partial charge in [0.25, 0.3) is 5.91 Å². The summed E-state index contributed by atoms with van der Waals surface area (Å²) in [7, 11) is 0. The Morgan fingerprint density at radius 1 is 1.48 bits per heavy atom. The van der Waals surface area contributed by atoms with Crippen LogP contribution in [0.25, 0.3) is 11.3 Å². The molecule has 1 unspecified atom stereocenters. The third-order valence-corrected chi connectivity index (χ3v) is 3.69. The number of nitrogens with one attached hydrogen (secondary N) is 2. The van der Waals surface area contributed by atoms with Crippen molar-refractivity contribution >= 4 is 17.5 Å². The summed E-state index contributed by atoms with van der Waals surface area (Å²) in [5.74, 6) is -0.175. The fraction of sp³-hybridized carbons (Fsp3) is 0.333. The first-order valence-corrected chi connectivity index (χ1v) is 7.31. The van der Waals surface area contributed by atoms with Crippen molar-refractivity contribution in [2.45, 2.75) is 18.9 Å². The molecule has 2 N–H and O–H groups in total. The van der Waals surface area contributed by atoms with Gasteiger partial charge in [0.15, 0.2) is 0 Å². The number of amides is 1. The van der Waals surface area contributed by atoms with Gasteiger partial charge >= 0.3 is 0 Å². The zero-order chi connectivity index (χ0) is 14.7. The van der Waals surface area contributed by atoms with E-state index in [1.165, 1.54) is 0 Å². The van der Waals surface area contributed by atoms with Crippen LogP contribution in [-0.4, -0.2) is 35.4 Å². The van der Waals surface area contributed by atoms with Crippen LogP contribution < -0.4 is 5.32 Å². The second-order valence-corrected chi connectivity index (χ2v) is 5.46. The fourth-order valence-electron chi connectivity index (χ4n) is 2.34. The van der Waals surface area contributed by atoms with Crippen LogP contribution in [0.1, 0.15) is 23.3 Å². The van der Waals surface area contributed by atoms with Crippen molar-refractivity contribution in [2.24, 2.45) is 0 Å². The minimum absolute atomic E-state index is 0.129. The molecule has 1 atom stereocenters. The molecule has 1 aromatic heterocycles. The number of carbonyl (C=O) groups excluding carboxylic acids is 1. The normalized spacial score (nSPS) is 17.9. The number of carbonyl (C=O) groups is 1. The van der Waals surface area contributed by atoms with E-state index in [0.717, 1.165) is 25.0 Å². The van der Waals surface area contributed by atoms with E-state index in [0.29, 0.717) is 23.0 Å². The molecule has 1 aromatic carbocycles. The van der Waals surface area contributed by atoms with E-state index in [-0.39, 0.29) is 12.0 Å². The lowest BCUT2D eigenvalue weighted by Crippen LogP contribution is -2.31. The second kappa shape index (κ2) is 6.28. The maximum absolute atomic E-state index is 12.0. The Bertz CT molecular complexity index is 635. The van der Waals surface area contributed by atoms with Crippen molar-refractivity contribution in [2.75, 3.05) is 13.2 Å². The topological polar surface area (TPSA) is 67.0 Å². The first kappa shape index (κ1) is 14.1. The smallest absolute Gasteiger partial charge is 0.269 e. The van der Waals surface area contributed by atoms with Gasteiger partial charge in [-0.2, -0.15) is 5.10 Å². The van der Waals surface area contributed by atoms with Crippen molar-refractivity contribution in [3.05, 3.63) is 41.0 Å². The molecular weight excluding hydrogens is 290 g/mol. The summed E-state index contributed by atoms with van der Waals surface area (Å²) >= 11 is 5.96. The van der Waals surface area contributed by atoms with E-state index in [1.54, 1.807) is 12.1 Å². The number of benzene rings is 1. The van der Waals surface area contributed by atoms with Crippen LogP contribution in [0.5, 0.6) is 0 Å². The van der Waals surface area contributed by atoms with Gasteiger partial charge in [0.05, 0.1) is 11.8 Å². The van der Waals surface area contributed by atoms with Crippen molar-refractivity contribution < 1.29 is 9.53 Å². The van der Waals surface area contributed by atoms with Gasteiger partial charge in [0, 0.05) is 23.7 Å². The SMILES string of the molecule is O=C(NCC1CCCO1)c1cc(-c2cccc(Cl)c2)n[nH]1. The summed E-state index contributed by atoms with van der Waals surface area (Å²) in [5, 5.41) is 10.4. The number of nitrogens with zero attached hydrogens (tertiary/aromatic N) is 1. The van der Waals surface area contributed by atoms with Crippen LogP contribution in [0, 0.1) is 0 Å². The lowest BCUT2D eigenvalue weighted by Gasteiger charge is -2.09. The lowest BCUT2D eigenvalue weighted by atomic mass is 10.1. The zero-order valence-electron chi connectivity index (χ0n) is 11.4. The number of halogens is 1. The molecule has 5 nitrogen and oxygen atoms in total. The van der Waals surface area contributed by atoms with Gasteiger partial charge in [-0.3, -0.25) is 9.89 Å². The molecule has 1 fully saturated rings. The third kappa shape index (κ3) is 3.43. The summed E-state index contributed by atoms with van der Waals surface area (Å²) in [6.45, 7) is 1.31. The molecule has 3 rings (SSSR count). The lowest BCUT2D eigenvalue weighted by molar-refractivity contribution is 0.0853. The molecule has 1 aliphatic heterocycles. The molecule has 0 spiro atoms. The van der Waals surface area contributed by atoms with Crippen LogP contribution in [0.15, 0.2) is 30.3 Å². The number of rotatable bonds is 4. The molecule has 0 saturated carbocycles. The molecule has 1 saturated heterocycles. The molecule has 110 valence electrons. The minimum atomic E-state index is -0.175. The largest absolute Gasteiger partial charge is 0.376 e. The minimum Gasteiger partial charge on any atom is -0.376 e. The number of aromatic nitrogens is 2. The highest BCUT2D eigenvalue weighted by molar-refractivity contribution is 6.30. The Morgan fingerprint density at radius 2 is 2.38 bits per heavy atom. The Labute approximate surface area is 127 Å². The van der Waals surface area contributed by atoms with Gasteiger partial charge in [-0.25, -0.2) is 0 Å². The van der Waals surface area contributed by atoms with Crippen LogP contribution in [0.2, 0.25) is 5.02 Å². The van der Waals surface area contributed by atoms with E-state index in [9.17, 15) is 4.79 Å². The summed E-state index contributed by atoms with van der Waals surface area (Å²) in [5.41, 5.74) is 2.00. The monoisotopic (exact) mass is 305 g/mol. The Kier molecular flexibility index (Phi) is 4.22. The molecule has 0 bridgehead atoms. The molecule has 2 aromatic rings. The van der Waals surface area contributed by atoms with Gasteiger partial charge in [0.2, 0.25) is 0 Å². The average Bonchev–Trinajstić information content (AvgIpc) is 3.16. The van der Waals surface area contributed by atoms with Crippen molar-refractivity contribution in [1.29, 1.82) is 0 Å². The molecule has 21 heavy (non-hydrogen) atoms. The fourth-order valence-corrected chi connectivity index (χ4v) is 2.53. The Morgan fingerprint density at radius 3 is 3.14 bits per heavy atom. The second-order valence-electron chi connectivity index (χ2n) is 5.02. The number of H-pyrrole nitrogens is 1. The summed E-state index contributed by atoms with van der Waals surface area (Å²) < 4.78 is 5.47. The van der Waals surface area contributed by atoms with Crippen molar-refractivity contribution in [3.8, 4) is 11.3 Å². The molecule has 0 radical (unpaired) electrons. The average molecular weight is 306 g/mol. The summed E-state index contributed by atoms with van der Waals surface area (Å²) in [6, 6.07) is 9.08. The van der Waals surface area contributed by atoms with E-state index in [1.807, 2.05) is 18.2 Å². The summed E-state index contributed by atoms with van der Waals surface area (Å²) in [6.07, 6.45) is 2.19. The molecule has 1 aliphatic rings. The standard InChI is InChI=1S/C15H16ClN3O2/c16-11-4-1-3-10(7-11)13-8-14(19-18-13)15(20)17-9-12-5-2-6-21-12/h1,3-4,7-8,12H,2,5-6,9H2,(H,17,20)(H,18,19).